The molecule has 5 heteroatoms. The highest BCUT2D eigenvalue weighted by Crippen LogP contribution is 2.36. The summed E-state index contributed by atoms with van der Waals surface area (Å²) >= 11 is 0. The molecule has 0 aromatic rings. The van der Waals surface area contributed by atoms with Crippen LogP contribution in [0.5, 0.6) is 0 Å². The first-order chi connectivity index (χ1) is 6.52. The van der Waals surface area contributed by atoms with Crippen molar-refractivity contribution >= 4 is 5.96 Å². The normalized spacial score (nSPS) is 20.7. The first-order valence-corrected chi connectivity index (χ1v) is 4.94. The van der Waals surface area contributed by atoms with Gasteiger partial charge in [0.1, 0.15) is 0 Å². The number of hydrazone groups is 1. The standard InChI is InChI=1S/C9H21N5/c1-13(2)9(5-4-6-9)7-14(3)8(10)12-11/h4-7,11H2,1-3H3,(H2,10,12). The van der Waals surface area contributed by atoms with Crippen molar-refractivity contribution in [2.45, 2.75) is 24.8 Å². The van der Waals surface area contributed by atoms with E-state index in [9.17, 15) is 0 Å². The number of rotatable bonds is 3. The molecule has 14 heavy (non-hydrogen) atoms. The van der Waals surface area contributed by atoms with Gasteiger partial charge in [-0.25, -0.2) is 0 Å². The lowest BCUT2D eigenvalue weighted by atomic mass is 9.75. The van der Waals surface area contributed by atoms with Crippen molar-refractivity contribution in [3.05, 3.63) is 0 Å². The van der Waals surface area contributed by atoms with Crippen LogP contribution in [-0.4, -0.2) is 49.0 Å². The van der Waals surface area contributed by atoms with E-state index in [4.69, 9.17) is 11.6 Å². The molecule has 0 atom stereocenters. The second-order valence-electron chi connectivity index (χ2n) is 4.32. The van der Waals surface area contributed by atoms with Gasteiger partial charge in [0.2, 0.25) is 5.96 Å². The van der Waals surface area contributed by atoms with Crippen molar-refractivity contribution in [2.75, 3.05) is 27.7 Å². The Morgan fingerprint density at radius 1 is 1.36 bits per heavy atom. The Hall–Kier alpha value is -0.970. The van der Waals surface area contributed by atoms with Crippen LogP contribution in [0, 0.1) is 0 Å². The number of nitrogens with zero attached hydrogens (tertiary/aromatic N) is 3. The molecule has 1 aliphatic carbocycles. The summed E-state index contributed by atoms with van der Waals surface area (Å²) in [7, 11) is 6.15. The van der Waals surface area contributed by atoms with Gasteiger partial charge in [-0.15, -0.1) is 5.10 Å². The van der Waals surface area contributed by atoms with E-state index < -0.39 is 0 Å². The summed E-state index contributed by atoms with van der Waals surface area (Å²) in [5.41, 5.74) is 5.90. The Bertz CT molecular complexity index is 219. The molecule has 0 bridgehead atoms. The molecule has 0 radical (unpaired) electrons. The monoisotopic (exact) mass is 199 g/mol. The fraction of sp³-hybridized carbons (Fsp3) is 0.889. The molecular weight excluding hydrogens is 178 g/mol. The fourth-order valence-corrected chi connectivity index (χ4v) is 1.95. The molecule has 1 aliphatic rings. The van der Waals surface area contributed by atoms with Gasteiger partial charge >= 0.3 is 0 Å². The zero-order chi connectivity index (χ0) is 10.8. The zero-order valence-electron chi connectivity index (χ0n) is 9.32. The number of hydrogen-bond donors (Lipinski definition) is 2. The molecule has 0 saturated heterocycles. The van der Waals surface area contributed by atoms with E-state index in [1.54, 1.807) is 0 Å². The molecule has 1 rings (SSSR count). The summed E-state index contributed by atoms with van der Waals surface area (Å²) in [4.78, 5) is 4.19. The molecule has 1 fully saturated rings. The van der Waals surface area contributed by atoms with Gasteiger partial charge in [-0.3, -0.25) is 0 Å². The third-order valence-electron chi connectivity index (χ3n) is 3.29. The lowest BCUT2D eigenvalue weighted by Gasteiger charge is -2.49. The van der Waals surface area contributed by atoms with Crippen LogP contribution in [0.25, 0.3) is 0 Å². The summed E-state index contributed by atoms with van der Waals surface area (Å²) in [6.07, 6.45) is 3.75. The van der Waals surface area contributed by atoms with Crippen molar-refractivity contribution in [1.82, 2.24) is 9.80 Å². The largest absolute Gasteiger partial charge is 0.368 e. The van der Waals surface area contributed by atoms with E-state index in [1.165, 1.54) is 19.3 Å². The zero-order valence-corrected chi connectivity index (χ0v) is 9.32. The number of hydrogen-bond acceptors (Lipinski definition) is 3. The lowest BCUT2D eigenvalue weighted by Crippen LogP contribution is -2.58. The number of guanidine groups is 1. The number of nitrogens with two attached hydrogens (primary N) is 2. The van der Waals surface area contributed by atoms with E-state index in [2.05, 4.69) is 24.1 Å². The second-order valence-corrected chi connectivity index (χ2v) is 4.32. The molecule has 0 amide bonds. The minimum atomic E-state index is 0.268. The minimum Gasteiger partial charge on any atom is -0.368 e. The highest BCUT2D eigenvalue weighted by molar-refractivity contribution is 5.77. The van der Waals surface area contributed by atoms with Gasteiger partial charge in [-0.1, -0.05) is 0 Å². The highest BCUT2D eigenvalue weighted by atomic mass is 15.3. The average Bonchev–Trinajstić information content (AvgIpc) is 2.08. The molecule has 1 saturated carbocycles. The molecule has 0 unspecified atom stereocenters. The Balaban J connectivity index is 2.57. The SMILES string of the molecule is CN(CC1(N(C)C)CCC1)C(N)=NN. The van der Waals surface area contributed by atoms with Crippen molar-refractivity contribution in [1.29, 1.82) is 0 Å². The first kappa shape index (κ1) is 11.1. The van der Waals surface area contributed by atoms with Crippen LogP contribution >= 0.6 is 0 Å². The van der Waals surface area contributed by atoms with Crippen LogP contribution in [-0.2, 0) is 0 Å². The maximum atomic E-state index is 5.64. The molecule has 82 valence electrons. The fourth-order valence-electron chi connectivity index (χ4n) is 1.95. The summed E-state index contributed by atoms with van der Waals surface area (Å²) in [6.45, 7) is 0.895. The van der Waals surface area contributed by atoms with Gasteiger partial charge in [0.25, 0.3) is 0 Å². The molecule has 0 heterocycles. The van der Waals surface area contributed by atoms with Gasteiger partial charge in [0.15, 0.2) is 0 Å². The Kier molecular flexibility index (Phi) is 3.21. The third kappa shape index (κ3) is 1.92. The van der Waals surface area contributed by atoms with Crippen LogP contribution in [0.15, 0.2) is 5.10 Å². The van der Waals surface area contributed by atoms with Gasteiger partial charge in [-0.05, 0) is 33.4 Å². The molecule has 0 aromatic carbocycles. The van der Waals surface area contributed by atoms with E-state index in [0.29, 0.717) is 5.96 Å². The van der Waals surface area contributed by atoms with Gasteiger partial charge < -0.3 is 21.4 Å². The summed E-state index contributed by atoms with van der Waals surface area (Å²) in [6, 6.07) is 0. The van der Waals surface area contributed by atoms with Crippen LogP contribution in [0.1, 0.15) is 19.3 Å². The maximum Gasteiger partial charge on any atom is 0.213 e. The smallest absolute Gasteiger partial charge is 0.213 e. The van der Waals surface area contributed by atoms with Crippen LogP contribution in [0.2, 0.25) is 0 Å². The average molecular weight is 199 g/mol. The minimum absolute atomic E-state index is 0.268. The quantitative estimate of drug-likeness (QED) is 0.280. The van der Waals surface area contributed by atoms with Gasteiger partial charge in [-0.2, -0.15) is 0 Å². The second kappa shape index (κ2) is 4.04. The summed E-state index contributed by atoms with van der Waals surface area (Å²) in [5, 5.41) is 3.49. The highest BCUT2D eigenvalue weighted by Gasteiger charge is 2.40. The van der Waals surface area contributed by atoms with Gasteiger partial charge in [0, 0.05) is 19.1 Å². The Morgan fingerprint density at radius 2 is 1.93 bits per heavy atom. The van der Waals surface area contributed by atoms with Gasteiger partial charge in [0.05, 0.1) is 0 Å². The van der Waals surface area contributed by atoms with Crippen molar-refractivity contribution in [3.8, 4) is 0 Å². The lowest BCUT2D eigenvalue weighted by molar-refractivity contribution is 0.0427. The molecule has 0 aromatic heterocycles. The molecule has 0 spiro atoms. The maximum absolute atomic E-state index is 5.64. The molecule has 4 N–H and O–H groups in total. The van der Waals surface area contributed by atoms with Crippen molar-refractivity contribution < 1.29 is 0 Å². The third-order valence-corrected chi connectivity index (χ3v) is 3.29. The van der Waals surface area contributed by atoms with Crippen molar-refractivity contribution in [3.63, 3.8) is 0 Å². The number of likely N-dealkylation sites (N-methyl/N-ethyl adjacent to an activating group) is 2. The van der Waals surface area contributed by atoms with E-state index in [0.717, 1.165) is 6.54 Å². The van der Waals surface area contributed by atoms with Crippen molar-refractivity contribution in [2.24, 2.45) is 16.7 Å². The van der Waals surface area contributed by atoms with E-state index in [-0.39, 0.29) is 5.54 Å². The van der Waals surface area contributed by atoms with Crippen LogP contribution in [0.4, 0.5) is 0 Å². The first-order valence-electron chi connectivity index (χ1n) is 4.94. The topological polar surface area (TPSA) is 70.9 Å². The Labute approximate surface area is 85.7 Å². The molecular formula is C9H21N5. The summed E-state index contributed by atoms with van der Waals surface area (Å²) < 4.78 is 0. The van der Waals surface area contributed by atoms with E-state index >= 15 is 0 Å². The Morgan fingerprint density at radius 3 is 2.21 bits per heavy atom. The van der Waals surface area contributed by atoms with Crippen LogP contribution < -0.4 is 11.6 Å². The van der Waals surface area contributed by atoms with Crippen LogP contribution in [0.3, 0.4) is 0 Å². The summed E-state index contributed by atoms with van der Waals surface area (Å²) in [5.74, 6) is 5.54. The predicted octanol–water partition coefficient (Wildman–Crippen LogP) is -0.409. The molecule has 5 nitrogen and oxygen atoms in total. The van der Waals surface area contributed by atoms with E-state index in [1.807, 2.05) is 11.9 Å². The predicted molar refractivity (Wildman–Crippen MR) is 58.7 cm³/mol. The molecule has 0 aliphatic heterocycles.